The topological polar surface area (TPSA) is 68.3 Å². The fraction of sp³-hybridized carbons (Fsp3) is 0.462. The Bertz CT molecular complexity index is 455. The van der Waals surface area contributed by atoms with E-state index in [1.165, 1.54) is 6.20 Å². The second-order valence-electron chi connectivity index (χ2n) is 4.80. The Morgan fingerprint density at radius 3 is 2.67 bits per heavy atom. The molecule has 1 aromatic heterocycles. The van der Waals surface area contributed by atoms with Gasteiger partial charge < -0.3 is 4.74 Å². The van der Waals surface area contributed by atoms with Gasteiger partial charge in [-0.2, -0.15) is 0 Å². The zero-order valence-electron chi connectivity index (χ0n) is 11.1. The summed E-state index contributed by atoms with van der Waals surface area (Å²) in [7, 11) is 0. The Labute approximate surface area is 108 Å². The van der Waals surface area contributed by atoms with Crippen LogP contribution in [-0.4, -0.2) is 22.5 Å². The molecule has 0 radical (unpaired) electrons. The summed E-state index contributed by atoms with van der Waals surface area (Å²) in [5.41, 5.74) is 0.0470. The number of ketones is 1. The van der Waals surface area contributed by atoms with Gasteiger partial charge in [0.2, 0.25) is 0 Å². The molecule has 0 saturated carbocycles. The van der Waals surface area contributed by atoms with Crippen molar-refractivity contribution in [3.8, 4) is 0 Å². The highest BCUT2D eigenvalue weighted by Crippen LogP contribution is 2.16. The van der Waals surface area contributed by atoms with Gasteiger partial charge in [0.05, 0.1) is 5.69 Å². The predicted octanol–water partition coefficient (Wildman–Crippen LogP) is 3.27. The van der Waals surface area contributed by atoms with E-state index in [9.17, 15) is 9.59 Å². The van der Waals surface area contributed by atoms with E-state index in [1.807, 2.05) is 0 Å². The van der Waals surface area contributed by atoms with Crippen LogP contribution in [-0.2, 0) is 4.74 Å². The second-order valence-corrected chi connectivity index (χ2v) is 4.80. The molecule has 0 saturated heterocycles. The van der Waals surface area contributed by atoms with Crippen LogP contribution in [0.4, 0.5) is 10.5 Å². The van der Waals surface area contributed by atoms with Crippen molar-refractivity contribution in [3.05, 3.63) is 24.0 Å². The smallest absolute Gasteiger partial charge is 0.412 e. The van der Waals surface area contributed by atoms with Crippen LogP contribution in [0.25, 0.3) is 0 Å². The normalized spacial score (nSPS) is 10.9. The lowest BCUT2D eigenvalue weighted by atomic mass is 10.2. The number of anilines is 1. The summed E-state index contributed by atoms with van der Waals surface area (Å²) < 4.78 is 5.12. The van der Waals surface area contributed by atoms with Crippen molar-refractivity contribution >= 4 is 17.6 Å². The van der Waals surface area contributed by atoms with E-state index in [-0.39, 0.29) is 12.9 Å². The molecule has 0 bridgehead atoms. The maximum Gasteiger partial charge on any atom is 0.412 e. The molecule has 5 nitrogen and oxygen atoms in total. The molecule has 0 aliphatic heterocycles. The van der Waals surface area contributed by atoms with Crippen molar-refractivity contribution in [2.24, 2.45) is 0 Å². The standard InChI is InChI=1S/C13H18N2O3.H2/c1-5-10(16)11-9(7-6-8-14-11)15-12(17)18-13(2,3)4;/h6-8H,5H2,1-4H3,(H,15,17);1H. The molecule has 0 spiro atoms. The number of aromatic nitrogens is 1. The van der Waals surface area contributed by atoms with E-state index in [0.717, 1.165) is 0 Å². The maximum atomic E-state index is 11.6. The first-order valence-corrected chi connectivity index (χ1v) is 5.81. The van der Waals surface area contributed by atoms with Crippen molar-refractivity contribution < 1.29 is 15.8 Å². The Morgan fingerprint density at radius 2 is 2.11 bits per heavy atom. The molecule has 1 aromatic rings. The van der Waals surface area contributed by atoms with E-state index >= 15 is 0 Å². The zero-order valence-corrected chi connectivity index (χ0v) is 11.1. The number of pyridine rings is 1. The van der Waals surface area contributed by atoms with Crippen molar-refractivity contribution in [2.75, 3.05) is 5.32 Å². The van der Waals surface area contributed by atoms with Crippen molar-refractivity contribution in [1.82, 2.24) is 4.98 Å². The monoisotopic (exact) mass is 252 g/mol. The van der Waals surface area contributed by atoms with Crippen molar-refractivity contribution in [3.63, 3.8) is 0 Å². The van der Waals surface area contributed by atoms with Crippen LogP contribution in [0.3, 0.4) is 0 Å². The Balaban J connectivity index is 0.00000324. The highest BCUT2D eigenvalue weighted by atomic mass is 16.6. The van der Waals surface area contributed by atoms with Gasteiger partial charge in [-0.25, -0.2) is 4.79 Å². The average Bonchev–Trinajstić information content (AvgIpc) is 2.26. The van der Waals surface area contributed by atoms with Crippen LogP contribution in [0.1, 0.15) is 46.0 Å². The summed E-state index contributed by atoms with van der Waals surface area (Å²) in [4.78, 5) is 27.2. The number of carbonyl (C=O) groups excluding carboxylic acids is 2. The number of carbonyl (C=O) groups is 2. The zero-order chi connectivity index (χ0) is 13.8. The SMILES string of the molecule is CCC(=O)c1ncccc1NC(=O)OC(C)(C)C.[HH]. The minimum absolute atomic E-state index is 0. The van der Waals surface area contributed by atoms with Gasteiger partial charge in [-0.1, -0.05) is 6.92 Å². The third kappa shape index (κ3) is 4.16. The number of nitrogens with one attached hydrogen (secondary N) is 1. The minimum atomic E-state index is -0.597. The van der Waals surface area contributed by atoms with Crippen molar-refractivity contribution in [1.29, 1.82) is 0 Å². The van der Waals surface area contributed by atoms with Crippen LogP contribution < -0.4 is 5.32 Å². The lowest BCUT2D eigenvalue weighted by Gasteiger charge is -2.20. The number of nitrogens with zero attached hydrogens (tertiary/aromatic N) is 1. The van der Waals surface area contributed by atoms with Crippen LogP contribution in [0, 0.1) is 0 Å². The molecule has 1 rings (SSSR count). The van der Waals surface area contributed by atoms with Gasteiger partial charge in [-0.15, -0.1) is 0 Å². The van der Waals surface area contributed by atoms with Gasteiger partial charge in [0.15, 0.2) is 5.78 Å². The molecule has 0 fully saturated rings. The van der Waals surface area contributed by atoms with Crippen LogP contribution in [0.2, 0.25) is 0 Å². The molecule has 18 heavy (non-hydrogen) atoms. The fourth-order valence-electron chi connectivity index (χ4n) is 1.31. The highest BCUT2D eigenvalue weighted by Gasteiger charge is 2.18. The van der Waals surface area contributed by atoms with Crippen molar-refractivity contribution in [2.45, 2.75) is 39.7 Å². The van der Waals surface area contributed by atoms with E-state index in [2.05, 4.69) is 10.3 Å². The number of hydrogen-bond acceptors (Lipinski definition) is 4. The fourth-order valence-corrected chi connectivity index (χ4v) is 1.31. The van der Waals surface area contributed by atoms with Gasteiger partial charge in [-0.3, -0.25) is 15.1 Å². The first kappa shape index (κ1) is 14.2. The number of ether oxygens (including phenoxy) is 1. The molecular formula is C13H20N2O3. The molecule has 0 aromatic carbocycles. The molecule has 1 heterocycles. The van der Waals surface area contributed by atoms with Gasteiger partial charge in [0.1, 0.15) is 11.3 Å². The predicted molar refractivity (Wildman–Crippen MR) is 70.8 cm³/mol. The lowest BCUT2D eigenvalue weighted by molar-refractivity contribution is 0.0636. The van der Waals surface area contributed by atoms with E-state index in [1.54, 1.807) is 39.8 Å². The molecule has 100 valence electrons. The quantitative estimate of drug-likeness (QED) is 0.838. The third-order valence-corrected chi connectivity index (χ3v) is 2.03. The molecule has 0 aliphatic rings. The van der Waals surface area contributed by atoms with Gasteiger partial charge >= 0.3 is 6.09 Å². The van der Waals surface area contributed by atoms with Crippen LogP contribution in [0.5, 0.6) is 0 Å². The Hall–Kier alpha value is -1.91. The summed E-state index contributed by atoms with van der Waals surface area (Å²) in [6.07, 6.45) is 1.25. The summed E-state index contributed by atoms with van der Waals surface area (Å²) in [6.45, 7) is 7.06. The summed E-state index contributed by atoms with van der Waals surface area (Å²) in [5.74, 6) is -0.123. The van der Waals surface area contributed by atoms with Crippen LogP contribution in [0.15, 0.2) is 18.3 Å². The number of amides is 1. The first-order chi connectivity index (χ1) is 8.33. The van der Waals surface area contributed by atoms with E-state index in [0.29, 0.717) is 12.1 Å². The molecular weight excluding hydrogens is 232 g/mol. The minimum Gasteiger partial charge on any atom is -0.444 e. The van der Waals surface area contributed by atoms with E-state index in [4.69, 9.17) is 4.74 Å². The molecule has 1 N–H and O–H groups in total. The first-order valence-electron chi connectivity index (χ1n) is 5.81. The summed E-state index contributed by atoms with van der Waals surface area (Å²) >= 11 is 0. The number of Topliss-reactive ketones (excluding diaryl/α,β-unsaturated/α-hetero) is 1. The average molecular weight is 252 g/mol. The Kier molecular flexibility index (Phi) is 4.42. The number of rotatable bonds is 3. The molecule has 5 heteroatoms. The van der Waals surface area contributed by atoms with Gasteiger partial charge in [0, 0.05) is 14.0 Å². The molecule has 0 unspecified atom stereocenters. The van der Waals surface area contributed by atoms with Gasteiger partial charge in [0.25, 0.3) is 0 Å². The van der Waals surface area contributed by atoms with Gasteiger partial charge in [-0.05, 0) is 32.9 Å². The maximum absolute atomic E-state index is 11.6. The van der Waals surface area contributed by atoms with Crippen LogP contribution >= 0.6 is 0 Å². The third-order valence-electron chi connectivity index (χ3n) is 2.03. The van der Waals surface area contributed by atoms with E-state index < -0.39 is 11.7 Å². The second kappa shape index (κ2) is 5.62. The molecule has 0 aliphatic carbocycles. The Morgan fingerprint density at radius 1 is 1.44 bits per heavy atom. The molecule has 0 atom stereocenters. The number of hydrogen-bond donors (Lipinski definition) is 1. The lowest BCUT2D eigenvalue weighted by Crippen LogP contribution is -2.27. The largest absolute Gasteiger partial charge is 0.444 e. The highest BCUT2D eigenvalue weighted by molar-refractivity contribution is 6.01. The molecule has 1 amide bonds. The summed E-state index contributed by atoms with van der Waals surface area (Å²) in [6, 6.07) is 3.28. The summed E-state index contributed by atoms with van der Waals surface area (Å²) in [5, 5.41) is 2.54.